The third kappa shape index (κ3) is 7.38. The first-order chi connectivity index (χ1) is 10.2. The first kappa shape index (κ1) is 20.3. The van der Waals surface area contributed by atoms with Gasteiger partial charge in [0, 0.05) is 39.7 Å². The van der Waals surface area contributed by atoms with Crippen LogP contribution in [-0.2, 0) is 19.1 Å². The number of nitrogens with one attached hydrogen (secondary N) is 2. The van der Waals surface area contributed by atoms with Gasteiger partial charge in [-0.3, -0.25) is 9.59 Å². The number of methoxy groups -OCH3 is 2. The van der Waals surface area contributed by atoms with Crippen LogP contribution in [0.3, 0.4) is 0 Å². The van der Waals surface area contributed by atoms with E-state index >= 15 is 0 Å². The summed E-state index contributed by atoms with van der Waals surface area (Å²) in [6.07, 6.45) is 6.08. The fraction of sp³-hybridized carbons (Fsp3) is 0.625. The minimum Gasteiger partial charge on any atom is -0.389 e. The van der Waals surface area contributed by atoms with Gasteiger partial charge in [0.2, 0.25) is 0 Å². The molecule has 6 heteroatoms. The second-order valence-electron chi connectivity index (χ2n) is 5.73. The Morgan fingerprint density at radius 3 is 1.41 bits per heavy atom. The molecule has 6 nitrogen and oxygen atoms in total. The quantitative estimate of drug-likeness (QED) is 0.441. The van der Waals surface area contributed by atoms with Crippen LogP contribution in [0.25, 0.3) is 0 Å². The van der Waals surface area contributed by atoms with Crippen LogP contribution in [0.15, 0.2) is 24.6 Å². The highest BCUT2D eigenvalue weighted by atomic mass is 16.5. The fourth-order valence-electron chi connectivity index (χ4n) is 1.18. The van der Waals surface area contributed by atoms with E-state index in [2.05, 4.69) is 10.6 Å². The van der Waals surface area contributed by atoms with Crippen molar-refractivity contribution in [3.8, 4) is 0 Å². The molecule has 0 spiro atoms. The maximum absolute atomic E-state index is 11.7. The van der Waals surface area contributed by atoms with Crippen molar-refractivity contribution in [1.82, 2.24) is 10.6 Å². The first-order valence-electron chi connectivity index (χ1n) is 7.16. The van der Waals surface area contributed by atoms with Gasteiger partial charge in [0.25, 0.3) is 0 Å². The molecule has 0 aromatic carbocycles. The first-order valence-corrected chi connectivity index (χ1v) is 7.16. The Hall–Kier alpha value is -1.66. The zero-order valence-electron chi connectivity index (χ0n) is 14.4. The molecular formula is C16H28N2O4. The van der Waals surface area contributed by atoms with Gasteiger partial charge in [0.05, 0.1) is 0 Å². The maximum atomic E-state index is 11.7. The van der Waals surface area contributed by atoms with Gasteiger partial charge >= 0.3 is 0 Å². The zero-order chi connectivity index (χ0) is 17.2. The summed E-state index contributed by atoms with van der Waals surface area (Å²) in [5, 5.41) is 5.96. The molecule has 0 saturated heterocycles. The lowest BCUT2D eigenvalue weighted by molar-refractivity contribution is -0.132. The Morgan fingerprint density at radius 2 is 1.14 bits per heavy atom. The fourth-order valence-corrected chi connectivity index (χ4v) is 1.18. The number of hydrogen-bond donors (Lipinski definition) is 2. The van der Waals surface area contributed by atoms with Crippen molar-refractivity contribution in [1.29, 1.82) is 0 Å². The van der Waals surface area contributed by atoms with Crippen LogP contribution in [0.5, 0.6) is 0 Å². The van der Waals surface area contributed by atoms with Crippen LogP contribution in [0, 0.1) is 0 Å². The molecule has 0 unspecified atom stereocenters. The lowest BCUT2D eigenvalue weighted by Gasteiger charge is -2.18. The van der Waals surface area contributed by atoms with Gasteiger partial charge in [-0.15, -0.1) is 0 Å². The van der Waals surface area contributed by atoms with Crippen molar-refractivity contribution in [3.63, 3.8) is 0 Å². The molecule has 2 N–H and O–H groups in total. The molecule has 0 aliphatic rings. The van der Waals surface area contributed by atoms with Crippen molar-refractivity contribution < 1.29 is 19.1 Å². The van der Waals surface area contributed by atoms with E-state index in [1.165, 1.54) is 26.4 Å². The van der Waals surface area contributed by atoms with Crippen LogP contribution >= 0.6 is 0 Å². The summed E-state index contributed by atoms with van der Waals surface area (Å²) in [7, 11) is 3.00. The van der Waals surface area contributed by atoms with Crippen molar-refractivity contribution >= 4 is 11.6 Å². The summed E-state index contributed by atoms with van der Waals surface area (Å²) >= 11 is 0. The second-order valence-corrected chi connectivity index (χ2v) is 5.73. The molecule has 0 fully saturated rings. The molecule has 0 bridgehead atoms. The number of rotatable bonds is 11. The third-order valence-corrected chi connectivity index (χ3v) is 3.33. The van der Waals surface area contributed by atoms with E-state index < -0.39 is 11.2 Å². The van der Waals surface area contributed by atoms with E-state index in [4.69, 9.17) is 9.47 Å². The highest BCUT2D eigenvalue weighted by Crippen LogP contribution is 2.09. The van der Waals surface area contributed by atoms with E-state index in [0.717, 1.165) is 0 Å². The van der Waals surface area contributed by atoms with E-state index in [0.29, 0.717) is 13.1 Å². The number of ether oxygens (including phenoxy) is 2. The minimum atomic E-state index is -0.812. The lowest BCUT2D eigenvalue weighted by Crippen LogP contribution is -2.33. The highest BCUT2D eigenvalue weighted by molar-refractivity contribution is 5.96. The van der Waals surface area contributed by atoms with Crippen LogP contribution in [0.2, 0.25) is 0 Å². The zero-order valence-corrected chi connectivity index (χ0v) is 14.4. The molecule has 126 valence electrons. The molecule has 0 heterocycles. The van der Waals surface area contributed by atoms with E-state index in [-0.39, 0.29) is 11.6 Å². The van der Waals surface area contributed by atoms with E-state index in [1.807, 2.05) is 0 Å². The summed E-state index contributed by atoms with van der Waals surface area (Å²) in [5.74, 6) is -0.217. The van der Waals surface area contributed by atoms with Gasteiger partial charge in [0.15, 0.2) is 11.6 Å². The van der Waals surface area contributed by atoms with Gasteiger partial charge in [-0.05, 0) is 39.8 Å². The van der Waals surface area contributed by atoms with Gasteiger partial charge < -0.3 is 20.1 Å². The monoisotopic (exact) mass is 312 g/mol. The van der Waals surface area contributed by atoms with Gasteiger partial charge in [-0.1, -0.05) is 0 Å². The summed E-state index contributed by atoms with van der Waals surface area (Å²) in [6, 6.07) is 0. The molecule has 0 saturated carbocycles. The van der Waals surface area contributed by atoms with Gasteiger partial charge in [-0.25, -0.2) is 0 Å². The standard InChI is InChI=1S/C16H28N2O4/c1-15(2,21-5)13(19)7-9-17-11-12-18-10-8-14(20)16(3,4)22-6/h7-10,17-18H,11-12H2,1-6H3. The number of carbonyl (C=O) groups is 2. The van der Waals surface area contributed by atoms with Gasteiger partial charge in [-0.2, -0.15) is 0 Å². The normalized spacial score (nSPS) is 12.8. The predicted molar refractivity (Wildman–Crippen MR) is 86.5 cm³/mol. The summed E-state index contributed by atoms with van der Waals surface area (Å²) in [5.41, 5.74) is -1.62. The van der Waals surface area contributed by atoms with Crippen molar-refractivity contribution in [2.24, 2.45) is 0 Å². The van der Waals surface area contributed by atoms with Crippen molar-refractivity contribution in [3.05, 3.63) is 24.6 Å². The molecule has 0 radical (unpaired) electrons. The summed E-state index contributed by atoms with van der Waals surface area (Å²) in [4.78, 5) is 23.4. The Balaban J connectivity index is 3.92. The second kappa shape index (κ2) is 9.38. The molecule has 0 atom stereocenters. The maximum Gasteiger partial charge on any atom is 0.188 e. The molecule has 0 aliphatic heterocycles. The number of hydrogen-bond acceptors (Lipinski definition) is 6. The van der Waals surface area contributed by atoms with Crippen molar-refractivity contribution in [2.45, 2.75) is 38.9 Å². The molecule has 0 aliphatic carbocycles. The topological polar surface area (TPSA) is 76.7 Å². The van der Waals surface area contributed by atoms with Crippen molar-refractivity contribution in [2.75, 3.05) is 27.3 Å². The van der Waals surface area contributed by atoms with E-state index in [9.17, 15) is 9.59 Å². The average Bonchev–Trinajstić information content (AvgIpc) is 2.49. The van der Waals surface area contributed by atoms with Crippen LogP contribution in [0.4, 0.5) is 0 Å². The van der Waals surface area contributed by atoms with E-state index in [1.54, 1.807) is 40.1 Å². The Morgan fingerprint density at radius 1 is 0.818 bits per heavy atom. The molecule has 0 aromatic heterocycles. The summed E-state index contributed by atoms with van der Waals surface area (Å²) in [6.45, 7) is 8.08. The Labute approximate surface area is 132 Å². The summed E-state index contributed by atoms with van der Waals surface area (Å²) < 4.78 is 10.2. The predicted octanol–water partition coefficient (Wildman–Crippen LogP) is 1.18. The Bertz CT molecular complexity index is 386. The van der Waals surface area contributed by atoms with Crippen LogP contribution in [0.1, 0.15) is 27.7 Å². The molecule has 22 heavy (non-hydrogen) atoms. The molecule has 0 aromatic rings. The molecule has 0 rings (SSSR count). The smallest absolute Gasteiger partial charge is 0.188 e. The largest absolute Gasteiger partial charge is 0.389 e. The SMILES string of the molecule is COC(C)(C)C(=O)C=CNCCNC=CC(=O)C(C)(C)OC. The number of ketones is 2. The van der Waals surface area contributed by atoms with Crippen LogP contribution in [-0.4, -0.2) is 50.1 Å². The minimum absolute atomic E-state index is 0.109. The molecular weight excluding hydrogens is 284 g/mol. The van der Waals surface area contributed by atoms with Gasteiger partial charge in [0.1, 0.15) is 11.2 Å². The average molecular weight is 312 g/mol. The Kier molecular flexibility index (Phi) is 8.67. The third-order valence-electron chi connectivity index (χ3n) is 3.33. The lowest BCUT2D eigenvalue weighted by atomic mass is 10.0. The molecule has 0 amide bonds. The van der Waals surface area contributed by atoms with Crippen LogP contribution < -0.4 is 10.6 Å². The highest BCUT2D eigenvalue weighted by Gasteiger charge is 2.24. The number of carbonyl (C=O) groups excluding carboxylic acids is 2.